The van der Waals surface area contributed by atoms with Gasteiger partial charge < -0.3 is 24.4 Å². The van der Waals surface area contributed by atoms with E-state index in [-0.39, 0.29) is 34.7 Å². The van der Waals surface area contributed by atoms with Crippen LogP contribution in [-0.4, -0.2) is 65.5 Å². The predicted molar refractivity (Wildman–Crippen MR) is 136 cm³/mol. The van der Waals surface area contributed by atoms with Gasteiger partial charge in [0, 0.05) is 32.1 Å². The van der Waals surface area contributed by atoms with E-state index in [1.54, 1.807) is 23.1 Å². The van der Waals surface area contributed by atoms with Crippen LogP contribution in [0.1, 0.15) is 57.8 Å². The van der Waals surface area contributed by atoms with Gasteiger partial charge in [0.1, 0.15) is 34.0 Å². The maximum Gasteiger partial charge on any atom is 0.415 e. The molecular formula is C29H34N2O6. The Morgan fingerprint density at radius 3 is 2.57 bits per heavy atom. The standard InChI is InChI=1S/C29H34N2O6/c1-6-17-22(24(17)32)28-18(11-10-16(2)3)23-25(33)21-19(35-26(34)31-14-12-30-13-15-31)8-7-9-20(21)36-29(23,28)27(4,5)37-28/h7-10,17,22,30H,6,11-15H2,1-5H3. The number of rotatable bonds is 5. The lowest BCUT2D eigenvalue weighted by Crippen LogP contribution is -2.90. The van der Waals surface area contributed by atoms with Gasteiger partial charge in [0.05, 0.1) is 11.5 Å². The van der Waals surface area contributed by atoms with Crippen molar-refractivity contribution < 1.29 is 28.6 Å². The van der Waals surface area contributed by atoms with E-state index in [1.807, 2.05) is 34.6 Å². The van der Waals surface area contributed by atoms with Crippen LogP contribution >= 0.6 is 0 Å². The van der Waals surface area contributed by atoms with Gasteiger partial charge in [0.25, 0.3) is 0 Å². The van der Waals surface area contributed by atoms with Crippen LogP contribution in [0, 0.1) is 11.8 Å². The molecule has 1 amide bonds. The Hall–Kier alpha value is -2.97. The van der Waals surface area contributed by atoms with E-state index in [1.165, 1.54) is 0 Å². The molecule has 8 heteroatoms. The molecule has 4 unspecified atom stereocenters. The van der Waals surface area contributed by atoms with Crippen LogP contribution in [0.5, 0.6) is 11.5 Å². The third-order valence-electron chi connectivity index (χ3n) is 8.72. The number of piperazine rings is 1. The van der Waals surface area contributed by atoms with Crippen molar-refractivity contribution >= 4 is 17.7 Å². The number of carbonyl (C=O) groups is 3. The summed E-state index contributed by atoms with van der Waals surface area (Å²) >= 11 is 0. The van der Waals surface area contributed by atoms with Crippen LogP contribution in [0.15, 0.2) is 41.0 Å². The first-order valence-corrected chi connectivity index (χ1v) is 13.3. The van der Waals surface area contributed by atoms with Gasteiger partial charge in [0.15, 0.2) is 5.60 Å². The highest BCUT2D eigenvalue weighted by Gasteiger charge is 2.91. The lowest BCUT2D eigenvalue weighted by Gasteiger charge is -2.75. The van der Waals surface area contributed by atoms with Crippen LogP contribution in [0.25, 0.3) is 0 Å². The summed E-state index contributed by atoms with van der Waals surface area (Å²) in [7, 11) is 0. The molecular weight excluding hydrogens is 472 g/mol. The molecule has 196 valence electrons. The number of Topliss-reactive ketones (excluding diaryl/α,β-unsaturated/α-hetero) is 2. The topological polar surface area (TPSA) is 94.2 Å². The molecule has 2 aliphatic carbocycles. The number of carbonyl (C=O) groups excluding carboxylic acids is 3. The third-order valence-corrected chi connectivity index (χ3v) is 8.72. The van der Waals surface area contributed by atoms with Crippen LogP contribution in [-0.2, 0) is 9.53 Å². The van der Waals surface area contributed by atoms with E-state index >= 15 is 0 Å². The van der Waals surface area contributed by atoms with Crippen molar-refractivity contribution in [2.24, 2.45) is 11.8 Å². The number of amides is 1. The number of ether oxygens (including phenoxy) is 3. The molecule has 3 fully saturated rings. The van der Waals surface area contributed by atoms with Gasteiger partial charge in [-0.05, 0) is 58.2 Å². The summed E-state index contributed by atoms with van der Waals surface area (Å²) < 4.78 is 19.1. The summed E-state index contributed by atoms with van der Waals surface area (Å²) in [6.45, 7) is 12.3. The molecule has 3 aliphatic heterocycles. The average Bonchev–Trinajstić information content (AvgIpc) is 3.52. The molecule has 1 spiro atoms. The molecule has 1 aromatic carbocycles. The van der Waals surface area contributed by atoms with Crippen LogP contribution < -0.4 is 14.8 Å². The molecule has 1 N–H and O–H groups in total. The van der Waals surface area contributed by atoms with E-state index in [9.17, 15) is 14.4 Å². The second kappa shape index (κ2) is 8.01. The Morgan fingerprint density at radius 2 is 1.95 bits per heavy atom. The maximum atomic E-state index is 14.3. The van der Waals surface area contributed by atoms with Gasteiger partial charge in [-0.25, -0.2) is 4.79 Å². The van der Waals surface area contributed by atoms with Gasteiger partial charge in [-0.1, -0.05) is 24.6 Å². The highest BCUT2D eigenvalue weighted by molar-refractivity contribution is 6.19. The summed E-state index contributed by atoms with van der Waals surface area (Å²) in [6.07, 6.45) is 2.82. The van der Waals surface area contributed by atoms with Gasteiger partial charge in [-0.2, -0.15) is 0 Å². The van der Waals surface area contributed by atoms with Crippen LogP contribution in [0.2, 0.25) is 0 Å². The summed E-state index contributed by atoms with van der Waals surface area (Å²) in [5.74, 6) is 0.101. The van der Waals surface area contributed by atoms with Crippen LogP contribution in [0.4, 0.5) is 4.79 Å². The number of allylic oxidation sites excluding steroid dienone is 2. The second-order valence-electron chi connectivity index (χ2n) is 11.4. The summed E-state index contributed by atoms with van der Waals surface area (Å²) in [5.41, 5.74) is -0.0687. The van der Waals surface area contributed by atoms with E-state index in [0.717, 1.165) is 17.6 Å². The average molecular weight is 507 g/mol. The Bertz CT molecular complexity index is 1290. The minimum atomic E-state index is -1.06. The fourth-order valence-corrected chi connectivity index (χ4v) is 7.03. The van der Waals surface area contributed by atoms with E-state index < -0.39 is 22.9 Å². The van der Waals surface area contributed by atoms with E-state index in [0.29, 0.717) is 43.9 Å². The number of benzene rings is 1. The fourth-order valence-electron chi connectivity index (χ4n) is 7.03. The van der Waals surface area contributed by atoms with E-state index in [2.05, 4.69) is 11.4 Å². The minimum Gasteiger partial charge on any atom is -0.475 e. The van der Waals surface area contributed by atoms with Crippen molar-refractivity contribution in [1.29, 1.82) is 0 Å². The summed E-state index contributed by atoms with van der Waals surface area (Å²) in [5, 5.41) is 3.21. The maximum absolute atomic E-state index is 14.3. The molecule has 1 aromatic rings. The smallest absolute Gasteiger partial charge is 0.415 e. The monoisotopic (exact) mass is 506 g/mol. The minimum absolute atomic E-state index is 0.0948. The van der Waals surface area contributed by atoms with Crippen molar-refractivity contribution in [2.75, 3.05) is 26.2 Å². The molecule has 37 heavy (non-hydrogen) atoms. The number of nitrogens with one attached hydrogen (secondary N) is 1. The summed E-state index contributed by atoms with van der Waals surface area (Å²) in [6, 6.07) is 5.10. The molecule has 0 bridgehead atoms. The van der Waals surface area contributed by atoms with Gasteiger partial charge in [-0.15, -0.1) is 0 Å². The Kier molecular flexibility index (Phi) is 5.28. The lowest BCUT2D eigenvalue weighted by atomic mass is 9.45. The first kappa shape index (κ1) is 24.4. The van der Waals surface area contributed by atoms with E-state index in [4.69, 9.17) is 14.2 Å². The third kappa shape index (κ3) is 3.00. The van der Waals surface area contributed by atoms with Gasteiger partial charge in [0.2, 0.25) is 5.78 Å². The first-order chi connectivity index (χ1) is 17.6. The van der Waals surface area contributed by atoms with Crippen molar-refractivity contribution in [3.63, 3.8) is 0 Å². The molecule has 5 aliphatic rings. The number of fused-ring (bicyclic) bond motifs is 1. The molecule has 3 heterocycles. The second-order valence-corrected chi connectivity index (χ2v) is 11.4. The van der Waals surface area contributed by atoms with Crippen molar-refractivity contribution in [3.05, 3.63) is 46.6 Å². The molecule has 2 saturated heterocycles. The number of hydrogen-bond acceptors (Lipinski definition) is 7. The quantitative estimate of drug-likeness (QED) is 0.607. The van der Waals surface area contributed by atoms with Crippen LogP contribution in [0.3, 0.4) is 0 Å². The SMILES string of the molecule is CCC1C(=O)C1C12OC(C)(C)C13Oc1cccc(OC(=O)N4CCNCC4)c1C(=O)C3=C2CC=C(C)C. The summed E-state index contributed by atoms with van der Waals surface area (Å²) in [4.78, 5) is 41.8. The highest BCUT2D eigenvalue weighted by Crippen LogP contribution is 2.76. The Morgan fingerprint density at radius 1 is 1.22 bits per heavy atom. The molecule has 4 atom stereocenters. The Balaban J connectivity index is 1.45. The number of nitrogens with zero attached hydrogens (tertiary/aromatic N) is 1. The van der Waals surface area contributed by atoms with Gasteiger partial charge >= 0.3 is 6.09 Å². The normalized spacial score (nSPS) is 32.7. The fraction of sp³-hybridized carbons (Fsp3) is 0.552. The lowest BCUT2D eigenvalue weighted by molar-refractivity contribution is -0.378. The molecule has 0 radical (unpaired) electrons. The zero-order chi connectivity index (χ0) is 26.3. The predicted octanol–water partition coefficient (Wildman–Crippen LogP) is 3.84. The first-order valence-electron chi connectivity index (χ1n) is 13.3. The molecule has 0 aromatic heterocycles. The highest BCUT2D eigenvalue weighted by atomic mass is 16.6. The molecule has 1 saturated carbocycles. The number of ketones is 2. The van der Waals surface area contributed by atoms with Gasteiger partial charge in [-0.3, -0.25) is 9.59 Å². The number of hydrogen-bond donors (Lipinski definition) is 1. The van der Waals surface area contributed by atoms with Crippen molar-refractivity contribution in [1.82, 2.24) is 10.2 Å². The zero-order valence-electron chi connectivity index (χ0n) is 22.1. The Labute approximate surface area is 217 Å². The van der Waals surface area contributed by atoms with Crippen molar-refractivity contribution in [2.45, 2.75) is 64.3 Å². The zero-order valence-corrected chi connectivity index (χ0v) is 22.1. The molecule has 6 rings (SSSR count). The van der Waals surface area contributed by atoms with Crippen molar-refractivity contribution in [3.8, 4) is 11.5 Å². The molecule has 8 nitrogen and oxygen atoms in total. The largest absolute Gasteiger partial charge is 0.475 e.